The first-order valence-electron chi connectivity index (χ1n) is 6.32. The summed E-state index contributed by atoms with van der Waals surface area (Å²) in [4.78, 5) is 14.8. The van der Waals surface area contributed by atoms with E-state index in [1.807, 2.05) is 12.1 Å². The number of carbonyl (C=O) groups is 1. The molecule has 1 N–H and O–H groups in total. The smallest absolute Gasteiger partial charge is 0.328 e. The highest BCUT2D eigenvalue weighted by Crippen LogP contribution is 2.22. The molecule has 0 aliphatic rings. The van der Waals surface area contributed by atoms with Crippen molar-refractivity contribution in [3.05, 3.63) is 57.8 Å². The van der Waals surface area contributed by atoms with Crippen molar-refractivity contribution < 1.29 is 9.90 Å². The predicted molar refractivity (Wildman–Crippen MR) is 84.3 cm³/mol. The minimum atomic E-state index is -0.920. The number of carboxylic acid groups (broad SMARTS) is 1. The predicted octanol–water partition coefficient (Wildman–Crippen LogP) is 3.79. The van der Waals surface area contributed by atoms with E-state index in [0.29, 0.717) is 0 Å². The Morgan fingerprint density at radius 2 is 1.95 bits per heavy atom. The second kappa shape index (κ2) is 6.39. The van der Waals surface area contributed by atoms with Gasteiger partial charge in [0.25, 0.3) is 0 Å². The number of anilines is 1. The van der Waals surface area contributed by atoms with Gasteiger partial charge in [0.2, 0.25) is 0 Å². The van der Waals surface area contributed by atoms with Crippen LogP contribution >= 0.6 is 11.3 Å². The Morgan fingerprint density at radius 3 is 2.60 bits per heavy atom. The second-order valence-electron chi connectivity index (χ2n) is 4.67. The van der Waals surface area contributed by atoms with Gasteiger partial charge in [-0.1, -0.05) is 17.7 Å². The molecule has 4 heteroatoms. The van der Waals surface area contributed by atoms with Crippen molar-refractivity contribution in [2.75, 3.05) is 11.9 Å². The zero-order chi connectivity index (χ0) is 14.5. The van der Waals surface area contributed by atoms with Crippen LogP contribution in [0.15, 0.2) is 42.5 Å². The van der Waals surface area contributed by atoms with Crippen molar-refractivity contribution in [1.29, 1.82) is 0 Å². The van der Waals surface area contributed by atoms with Crippen molar-refractivity contribution in [2.24, 2.45) is 0 Å². The minimum absolute atomic E-state index is 0.814. The highest BCUT2D eigenvalue weighted by atomic mass is 32.1. The van der Waals surface area contributed by atoms with E-state index >= 15 is 0 Å². The third-order valence-electron chi connectivity index (χ3n) is 2.94. The Bertz CT molecular complexity index is 614. The summed E-state index contributed by atoms with van der Waals surface area (Å²) in [6.07, 6.45) is 2.79. The molecule has 0 aliphatic carbocycles. The van der Waals surface area contributed by atoms with Gasteiger partial charge in [0.05, 0.1) is 6.54 Å². The molecule has 0 amide bonds. The van der Waals surface area contributed by atoms with E-state index in [1.54, 1.807) is 17.4 Å². The van der Waals surface area contributed by atoms with Gasteiger partial charge in [0, 0.05) is 28.6 Å². The van der Waals surface area contributed by atoms with E-state index in [-0.39, 0.29) is 0 Å². The highest BCUT2D eigenvalue weighted by molar-refractivity contribution is 7.12. The van der Waals surface area contributed by atoms with E-state index < -0.39 is 5.97 Å². The van der Waals surface area contributed by atoms with E-state index in [2.05, 4.69) is 43.1 Å². The van der Waals surface area contributed by atoms with Gasteiger partial charge >= 0.3 is 5.97 Å². The Kier molecular flexibility index (Phi) is 4.58. The highest BCUT2D eigenvalue weighted by Gasteiger charge is 2.04. The molecule has 2 rings (SSSR count). The quantitative estimate of drug-likeness (QED) is 0.851. The molecule has 3 nitrogen and oxygen atoms in total. The lowest BCUT2D eigenvalue weighted by Gasteiger charge is -2.18. The van der Waals surface area contributed by atoms with E-state index in [9.17, 15) is 4.79 Å². The molecule has 0 bridgehead atoms. The van der Waals surface area contributed by atoms with Crippen LogP contribution in [0.25, 0.3) is 6.08 Å². The van der Waals surface area contributed by atoms with Crippen LogP contribution in [-0.4, -0.2) is 18.1 Å². The van der Waals surface area contributed by atoms with Gasteiger partial charge in [-0.3, -0.25) is 0 Å². The molecule has 1 aromatic heterocycles. The van der Waals surface area contributed by atoms with Crippen molar-refractivity contribution in [3.8, 4) is 0 Å². The number of aryl methyl sites for hydroxylation is 1. The van der Waals surface area contributed by atoms with Crippen LogP contribution in [0.3, 0.4) is 0 Å². The average Bonchev–Trinajstić information content (AvgIpc) is 2.84. The lowest BCUT2D eigenvalue weighted by molar-refractivity contribution is -0.131. The maximum Gasteiger partial charge on any atom is 0.328 e. The van der Waals surface area contributed by atoms with Crippen LogP contribution in [0.4, 0.5) is 5.69 Å². The zero-order valence-electron chi connectivity index (χ0n) is 11.5. The van der Waals surface area contributed by atoms with Gasteiger partial charge in [-0.05, 0) is 37.3 Å². The first kappa shape index (κ1) is 14.3. The molecule has 0 unspecified atom stereocenters. The Labute approximate surface area is 122 Å². The second-order valence-corrected chi connectivity index (χ2v) is 5.87. The summed E-state index contributed by atoms with van der Waals surface area (Å²) in [7, 11) is 2.05. The number of benzene rings is 1. The summed E-state index contributed by atoms with van der Waals surface area (Å²) in [5, 5.41) is 8.61. The van der Waals surface area contributed by atoms with E-state index in [4.69, 9.17) is 5.11 Å². The summed E-state index contributed by atoms with van der Waals surface area (Å²) in [6, 6.07) is 12.4. The number of aliphatic carboxylic acids is 1. The van der Waals surface area contributed by atoms with Gasteiger partial charge in [-0.15, -0.1) is 11.3 Å². The lowest BCUT2D eigenvalue weighted by atomic mass is 10.2. The number of thiophene rings is 1. The third-order valence-corrected chi connectivity index (χ3v) is 3.98. The molecule has 0 atom stereocenters. The molecule has 0 fully saturated rings. The first-order chi connectivity index (χ1) is 9.54. The molecule has 1 heterocycles. The fourth-order valence-corrected chi connectivity index (χ4v) is 2.82. The summed E-state index contributed by atoms with van der Waals surface area (Å²) in [6.45, 7) is 2.89. The number of nitrogens with zero attached hydrogens (tertiary/aromatic N) is 1. The fraction of sp³-hybridized carbons (Fsp3) is 0.188. The standard InChI is InChI=1S/C16H17NO2S/c1-12-3-5-13(6-4-12)17(2)11-15-8-7-14(20-15)9-10-16(18)19/h3-10H,11H2,1-2H3,(H,18,19). The van der Waals surface area contributed by atoms with Crippen molar-refractivity contribution >= 4 is 29.1 Å². The van der Waals surface area contributed by atoms with Gasteiger partial charge < -0.3 is 10.0 Å². The van der Waals surface area contributed by atoms with E-state index in [1.165, 1.54) is 22.2 Å². The summed E-state index contributed by atoms with van der Waals surface area (Å²) >= 11 is 1.61. The molecule has 0 aliphatic heterocycles. The van der Waals surface area contributed by atoms with Crippen LogP contribution in [0.1, 0.15) is 15.3 Å². The molecule has 0 saturated heterocycles. The summed E-state index contributed by atoms with van der Waals surface area (Å²) < 4.78 is 0. The molecule has 1 aromatic carbocycles. The Balaban J connectivity index is 2.03. The maximum atomic E-state index is 10.5. The number of rotatable bonds is 5. The fourth-order valence-electron chi connectivity index (χ4n) is 1.85. The molecule has 20 heavy (non-hydrogen) atoms. The monoisotopic (exact) mass is 287 g/mol. The number of hydrogen-bond acceptors (Lipinski definition) is 3. The van der Waals surface area contributed by atoms with Crippen LogP contribution in [0.5, 0.6) is 0 Å². The molecule has 0 spiro atoms. The van der Waals surface area contributed by atoms with Crippen LogP contribution < -0.4 is 4.90 Å². The number of carboxylic acids is 1. The van der Waals surface area contributed by atoms with Gasteiger partial charge in [-0.25, -0.2) is 4.79 Å². The maximum absolute atomic E-state index is 10.5. The first-order valence-corrected chi connectivity index (χ1v) is 7.14. The minimum Gasteiger partial charge on any atom is -0.478 e. The van der Waals surface area contributed by atoms with E-state index in [0.717, 1.165) is 11.4 Å². The Morgan fingerprint density at radius 1 is 1.25 bits per heavy atom. The largest absolute Gasteiger partial charge is 0.478 e. The average molecular weight is 287 g/mol. The van der Waals surface area contributed by atoms with Crippen molar-refractivity contribution in [3.63, 3.8) is 0 Å². The van der Waals surface area contributed by atoms with Crippen LogP contribution in [-0.2, 0) is 11.3 Å². The molecular weight excluding hydrogens is 270 g/mol. The van der Waals surface area contributed by atoms with Gasteiger partial charge in [0.15, 0.2) is 0 Å². The topological polar surface area (TPSA) is 40.5 Å². The molecule has 0 radical (unpaired) electrons. The molecular formula is C16H17NO2S. The normalized spacial score (nSPS) is 10.9. The molecule has 0 saturated carbocycles. The van der Waals surface area contributed by atoms with Crippen molar-refractivity contribution in [2.45, 2.75) is 13.5 Å². The molecule has 2 aromatic rings. The van der Waals surface area contributed by atoms with Crippen LogP contribution in [0.2, 0.25) is 0 Å². The Hall–Kier alpha value is -2.07. The summed E-state index contributed by atoms with van der Waals surface area (Å²) in [5.74, 6) is -0.920. The molecule has 104 valence electrons. The lowest BCUT2D eigenvalue weighted by Crippen LogP contribution is -2.15. The van der Waals surface area contributed by atoms with Gasteiger partial charge in [0.1, 0.15) is 0 Å². The van der Waals surface area contributed by atoms with Crippen LogP contribution in [0, 0.1) is 6.92 Å². The SMILES string of the molecule is Cc1ccc(N(C)Cc2ccc(C=CC(=O)O)s2)cc1. The van der Waals surface area contributed by atoms with Gasteiger partial charge in [-0.2, -0.15) is 0 Å². The third kappa shape index (κ3) is 3.96. The van der Waals surface area contributed by atoms with Crippen molar-refractivity contribution in [1.82, 2.24) is 0 Å². The summed E-state index contributed by atoms with van der Waals surface area (Å²) in [5.41, 5.74) is 2.42. The zero-order valence-corrected chi connectivity index (χ0v) is 12.4. The number of hydrogen-bond donors (Lipinski definition) is 1.